The van der Waals surface area contributed by atoms with Crippen LogP contribution in [0, 0.1) is 0 Å². The van der Waals surface area contributed by atoms with Crippen LogP contribution < -0.4 is 5.73 Å². The largest absolute Gasteiger partial charge is 0.339 e. The Morgan fingerprint density at radius 3 is 2.57 bits per heavy atom. The van der Waals surface area contributed by atoms with Crippen LogP contribution in [0.5, 0.6) is 0 Å². The molecule has 1 amide bonds. The Kier molecular flexibility index (Phi) is 4.10. The van der Waals surface area contributed by atoms with Crippen LogP contribution in [0.1, 0.15) is 29.1 Å². The van der Waals surface area contributed by atoms with Gasteiger partial charge in [0, 0.05) is 19.6 Å². The Morgan fingerprint density at radius 2 is 2.14 bits per heavy atom. The average Bonchev–Trinajstić information content (AvgIpc) is 2.67. The minimum atomic E-state index is 0.111. The smallest absolute Gasteiger partial charge is 0.263 e. The number of nitrogens with zero attached hydrogens (tertiary/aromatic N) is 1. The topological polar surface area (TPSA) is 46.3 Å². The van der Waals surface area contributed by atoms with E-state index < -0.39 is 0 Å². The van der Waals surface area contributed by atoms with Crippen LogP contribution in [0.25, 0.3) is 0 Å². The first-order chi connectivity index (χ1) is 6.72. The number of nitrogens with two attached hydrogens (primary N) is 1. The third-order valence-corrected chi connectivity index (χ3v) is 3.12. The fourth-order valence-corrected chi connectivity index (χ4v) is 2.15. The molecule has 0 saturated carbocycles. The predicted octanol–water partition coefficient (Wildman–Crippen LogP) is 1.69. The molecule has 1 rings (SSSR count). The van der Waals surface area contributed by atoms with Crippen LogP contribution in [0.4, 0.5) is 0 Å². The van der Waals surface area contributed by atoms with Gasteiger partial charge in [0.15, 0.2) is 0 Å². The molecule has 0 aliphatic carbocycles. The van der Waals surface area contributed by atoms with E-state index in [4.69, 9.17) is 5.73 Å². The van der Waals surface area contributed by atoms with Crippen LogP contribution >= 0.6 is 11.3 Å². The number of amides is 1. The van der Waals surface area contributed by atoms with E-state index in [0.29, 0.717) is 6.54 Å². The molecule has 14 heavy (non-hydrogen) atoms. The maximum Gasteiger partial charge on any atom is 0.263 e. The van der Waals surface area contributed by atoms with Gasteiger partial charge in [-0.25, -0.2) is 0 Å². The molecule has 0 aliphatic rings. The number of thiophene rings is 1. The maximum atomic E-state index is 11.8. The van der Waals surface area contributed by atoms with Crippen molar-refractivity contribution in [1.29, 1.82) is 0 Å². The summed E-state index contributed by atoms with van der Waals surface area (Å²) >= 11 is 1.47. The summed E-state index contributed by atoms with van der Waals surface area (Å²) in [4.78, 5) is 14.4. The first-order valence-electron chi connectivity index (χ1n) is 4.79. The lowest BCUT2D eigenvalue weighted by Crippen LogP contribution is -2.29. The van der Waals surface area contributed by atoms with Crippen LogP contribution in [0.2, 0.25) is 0 Å². The molecule has 0 aromatic carbocycles. The van der Waals surface area contributed by atoms with Gasteiger partial charge in [0.25, 0.3) is 5.91 Å². The van der Waals surface area contributed by atoms with Crippen molar-refractivity contribution in [3.63, 3.8) is 0 Å². The number of rotatable bonds is 4. The molecule has 2 N–H and O–H groups in total. The molecule has 0 spiro atoms. The van der Waals surface area contributed by atoms with Gasteiger partial charge in [-0.05, 0) is 30.9 Å². The highest BCUT2D eigenvalue weighted by molar-refractivity contribution is 7.12. The number of carbonyl (C=O) groups is 1. The second kappa shape index (κ2) is 5.12. The van der Waals surface area contributed by atoms with Crippen molar-refractivity contribution in [2.45, 2.75) is 20.4 Å². The summed E-state index contributed by atoms with van der Waals surface area (Å²) in [6.45, 7) is 5.98. The Bertz CT molecular complexity index is 305. The van der Waals surface area contributed by atoms with Crippen molar-refractivity contribution >= 4 is 17.2 Å². The molecule has 0 radical (unpaired) electrons. The molecule has 1 aromatic rings. The minimum Gasteiger partial charge on any atom is -0.339 e. The second-order valence-corrected chi connectivity index (χ2v) is 3.91. The molecular weight excluding hydrogens is 196 g/mol. The molecule has 0 atom stereocenters. The van der Waals surface area contributed by atoms with E-state index >= 15 is 0 Å². The third kappa shape index (κ3) is 2.33. The molecule has 78 valence electrons. The normalized spacial score (nSPS) is 10.2. The molecule has 0 saturated heterocycles. The summed E-state index contributed by atoms with van der Waals surface area (Å²) in [5.74, 6) is 0.111. The summed E-state index contributed by atoms with van der Waals surface area (Å²) in [5.41, 5.74) is 6.52. The quantitative estimate of drug-likeness (QED) is 0.825. The van der Waals surface area contributed by atoms with Crippen LogP contribution in [-0.4, -0.2) is 23.9 Å². The molecule has 0 bridgehead atoms. The van der Waals surface area contributed by atoms with Gasteiger partial charge in [-0.3, -0.25) is 4.79 Å². The summed E-state index contributed by atoms with van der Waals surface area (Å²) < 4.78 is 0. The van der Waals surface area contributed by atoms with Gasteiger partial charge in [-0.1, -0.05) is 0 Å². The lowest BCUT2D eigenvalue weighted by atomic mass is 10.3. The fraction of sp³-hybridized carbons (Fsp3) is 0.500. The SMILES string of the molecule is CCN(CC)C(=O)c1cc(CN)cs1. The fourth-order valence-electron chi connectivity index (χ4n) is 1.26. The average molecular weight is 212 g/mol. The zero-order valence-electron chi connectivity index (χ0n) is 8.62. The molecule has 4 heteroatoms. The lowest BCUT2D eigenvalue weighted by Gasteiger charge is -2.17. The van der Waals surface area contributed by atoms with Gasteiger partial charge in [-0.2, -0.15) is 0 Å². The van der Waals surface area contributed by atoms with E-state index in [1.165, 1.54) is 11.3 Å². The van der Waals surface area contributed by atoms with E-state index in [1.54, 1.807) is 0 Å². The number of carbonyl (C=O) groups excluding carboxylic acids is 1. The van der Waals surface area contributed by atoms with Gasteiger partial charge < -0.3 is 10.6 Å². The molecule has 0 unspecified atom stereocenters. The Morgan fingerprint density at radius 1 is 1.50 bits per heavy atom. The lowest BCUT2D eigenvalue weighted by molar-refractivity contribution is 0.0778. The summed E-state index contributed by atoms with van der Waals surface area (Å²) in [5, 5.41) is 1.94. The standard InChI is InChI=1S/C10H16N2OS/c1-3-12(4-2)10(13)9-5-8(6-11)7-14-9/h5,7H,3-4,6,11H2,1-2H3. The minimum absolute atomic E-state index is 0.111. The highest BCUT2D eigenvalue weighted by Gasteiger charge is 2.13. The van der Waals surface area contributed by atoms with Crippen molar-refractivity contribution in [3.8, 4) is 0 Å². The van der Waals surface area contributed by atoms with Crippen molar-refractivity contribution < 1.29 is 4.79 Å². The van der Waals surface area contributed by atoms with Gasteiger partial charge in [0.2, 0.25) is 0 Å². The van der Waals surface area contributed by atoms with E-state index in [9.17, 15) is 4.79 Å². The Labute approximate surface area is 88.5 Å². The predicted molar refractivity (Wildman–Crippen MR) is 59.5 cm³/mol. The highest BCUT2D eigenvalue weighted by atomic mass is 32.1. The summed E-state index contributed by atoms with van der Waals surface area (Å²) in [7, 11) is 0. The molecule has 1 heterocycles. The van der Waals surface area contributed by atoms with E-state index in [-0.39, 0.29) is 5.91 Å². The van der Waals surface area contributed by atoms with Gasteiger partial charge in [0.1, 0.15) is 0 Å². The number of hydrogen-bond acceptors (Lipinski definition) is 3. The Hall–Kier alpha value is -0.870. The molecule has 0 fully saturated rings. The second-order valence-electron chi connectivity index (χ2n) is 3.00. The molecular formula is C10H16N2OS. The number of hydrogen-bond donors (Lipinski definition) is 1. The monoisotopic (exact) mass is 212 g/mol. The van der Waals surface area contributed by atoms with E-state index in [2.05, 4.69) is 0 Å². The molecule has 1 aromatic heterocycles. The van der Waals surface area contributed by atoms with Crippen LogP contribution in [-0.2, 0) is 6.54 Å². The van der Waals surface area contributed by atoms with Gasteiger partial charge in [0.05, 0.1) is 4.88 Å². The molecule has 3 nitrogen and oxygen atoms in total. The maximum absolute atomic E-state index is 11.8. The third-order valence-electron chi connectivity index (χ3n) is 2.15. The highest BCUT2D eigenvalue weighted by Crippen LogP contribution is 2.16. The van der Waals surface area contributed by atoms with Crippen molar-refractivity contribution in [2.24, 2.45) is 5.73 Å². The van der Waals surface area contributed by atoms with Crippen LogP contribution in [0.15, 0.2) is 11.4 Å². The van der Waals surface area contributed by atoms with Crippen molar-refractivity contribution in [2.75, 3.05) is 13.1 Å². The van der Waals surface area contributed by atoms with Gasteiger partial charge >= 0.3 is 0 Å². The first kappa shape index (κ1) is 11.2. The zero-order chi connectivity index (χ0) is 10.6. The van der Waals surface area contributed by atoms with E-state index in [1.807, 2.05) is 30.2 Å². The van der Waals surface area contributed by atoms with Gasteiger partial charge in [-0.15, -0.1) is 11.3 Å². The van der Waals surface area contributed by atoms with E-state index in [0.717, 1.165) is 23.5 Å². The van der Waals surface area contributed by atoms with Crippen molar-refractivity contribution in [1.82, 2.24) is 4.90 Å². The van der Waals surface area contributed by atoms with Crippen LogP contribution in [0.3, 0.4) is 0 Å². The molecule has 0 aliphatic heterocycles. The Balaban J connectivity index is 2.77. The summed E-state index contributed by atoms with van der Waals surface area (Å²) in [6, 6.07) is 1.88. The van der Waals surface area contributed by atoms with Crippen molar-refractivity contribution in [3.05, 3.63) is 21.9 Å². The zero-order valence-corrected chi connectivity index (χ0v) is 9.43. The first-order valence-corrected chi connectivity index (χ1v) is 5.67. The summed E-state index contributed by atoms with van der Waals surface area (Å²) in [6.07, 6.45) is 0.